The van der Waals surface area contributed by atoms with Crippen molar-refractivity contribution in [2.45, 2.75) is 6.32 Å². The van der Waals surface area contributed by atoms with Gasteiger partial charge in [0.05, 0.1) is 0 Å². The Hall–Kier alpha value is -1.36. The van der Waals surface area contributed by atoms with Gasteiger partial charge >= 0.3 is 6.85 Å². The molecule has 1 aromatic carbocycles. The Labute approximate surface area is 84.0 Å². The predicted octanol–water partition coefficient (Wildman–Crippen LogP) is 0.363. The van der Waals surface area contributed by atoms with E-state index in [2.05, 4.69) is 16.1 Å². The topological polar surface area (TPSA) is 67.5 Å². The summed E-state index contributed by atoms with van der Waals surface area (Å²) in [4.78, 5) is 10.3. The van der Waals surface area contributed by atoms with Crippen LogP contribution in [0.15, 0.2) is 23.3 Å². The Balaban J connectivity index is 0.000000461. The molecule has 1 aliphatic rings. The molecule has 0 bridgehead atoms. The van der Waals surface area contributed by atoms with Crippen LogP contribution in [-0.4, -0.2) is 20.9 Å². The third-order valence-electron chi connectivity index (χ3n) is 2.34. The van der Waals surface area contributed by atoms with Crippen LogP contribution in [0, 0.1) is 4.91 Å². The lowest BCUT2D eigenvalue weighted by atomic mass is 9.42. The zero-order valence-corrected chi connectivity index (χ0v) is 8.45. The summed E-state index contributed by atoms with van der Waals surface area (Å²) < 4.78 is 0. The van der Waals surface area contributed by atoms with Gasteiger partial charge in [0.1, 0.15) is 0 Å². The van der Waals surface area contributed by atoms with Crippen LogP contribution in [0.5, 0.6) is 0 Å². The van der Waals surface area contributed by atoms with Gasteiger partial charge in [-0.1, -0.05) is 17.7 Å². The SMILES string of the molecule is CN.CNc1cccc2c1B(N=O)C2. The number of nitrogens with zero attached hydrogens (tertiary/aromatic N) is 1. The first-order valence-electron chi connectivity index (χ1n) is 4.56. The number of hydrogen-bond acceptors (Lipinski definition) is 4. The molecule has 0 radical (unpaired) electrons. The first-order chi connectivity index (χ1) is 6.86. The summed E-state index contributed by atoms with van der Waals surface area (Å²) in [6.45, 7) is -0.122. The highest BCUT2D eigenvalue weighted by atomic mass is 16.2. The first kappa shape index (κ1) is 10.7. The molecule has 0 amide bonds. The molecule has 1 aromatic rings. The monoisotopic (exact) mass is 191 g/mol. The lowest BCUT2D eigenvalue weighted by Crippen LogP contribution is -2.45. The van der Waals surface area contributed by atoms with Gasteiger partial charge in [0.2, 0.25) is 0 Å². The second kappa shape index (κ2) is 4.76. The van der Waals surface area contributed by atoms with Gasteiger partial charge in [-0.2, -0.15) is 4.91 Å². The van der Waals surface area contributed by atoms with Crippen molar-refractivity contribution >= 4 is 18.0 Å². The molecule has 0 fully saturated rings. The van der Waals surface area contributed by atoms with E-state index in [1.807, 2.05) is 25.2 Å². The lowest BCUT2D eigenvalue weighted by Gasteiger charge is -2.24. The van der Waals surface area contributed by atoms with Crippen LogP contribution >= 0.6 is 0 Å². The van der Waals surface area contributed by atoms with E-state index in [0.717, 1.165) is 17.5 Å². The van der Waals surface area contributed by atoms with Gasteiger partial charge in [0.25, 0.3) is 0 Å². The largest absolute Gasteiger partial charge is 0.388 e. The third kappa shape index (κ3) is 1.63. The molecule has 0 spiro atoms. The maximum absolute atomic E-state index is 10.3. The normalized spacial score (nSPS) is 11.8. The van der Waals surface area contributed by atoms with Gasteiger partial charge in [-0.05, 0) is 24.9 Å². The van der Waals surface area contributed by atoms with Crippen LogP contribution in [0.25, 0.3) is 0 Å². The van der Waals surface area contributed by atoms with Crippen molar-refractivity contribution in [2.24, 2.45) is 10.8 Å². The molecule has 0 atom stereocenters. The van der Waals surface area contributed by atoms with E-state index in [0.29, 0.717) is 0 Å². The fourth-order valence-electron chi connectivity index (χ4n) is 1.67. The minimum Gasteiger partial charge on any atom is -0.388 e. The van der Waals surface area contributed by atoms with E-state index in [9.17, 15) is 4.91 Å². The summed E-state index contributed by atoms with van der Waals surface area (Å²) in [7, 11) is 3.36. The first-order valence-corrected chi connectivity index (χ1v) is 4.56. The second-order valence-corrected chi connectivity index (χ2v) is 2.95. The number of rotatable bonds is 2. The minimum absolute atomic E-state index is 0.122. The molecule has 1 heterocycles. The van der Waals surface area contributed by atoms with E-state index >= 15 is 0 Å². The second-order valence-electron chi connectivity index (χ2n) is 2.95. The number of nitrogens with one attached hydrogen (secondary N) is 1. The van der Waals surface area contributed by atoms with E-state index < -0.39 is 0 Å². The van der Waals surface area contributed by atoms with Gasteiger partial charge in [0.15, 0.2) is 0 Å². The Kier molecular flexibility index (Phi) is 3.65. The van der Waals surface area contributed by atoms with E-state index in [1.165, 1.54) is 12.6 Å². The summed E-state index contributed by atoms with van der Waals surface area (Å²) >= 11 is 0. The maximum atomic E-state index is 10.3. The smallest absolute Gasteiger partial charge is 0.376 e. The average Bonchev–Trinajstić information content (AvgIpc) is 2.22. The van der Waals surface area contributed by atoms with Crippen LogP contribution in [-0.2, 0) is 6.32 Å². The van der Waals surface area contributed by atoms with Crippen LogP contribution in [0.4, 0.5) is 5.69 Å². The number of anilines is 1. The molecule has 14 heavy (non-hydrogen) atoms. The molecule has 3 N–H and O–H groups in total. The molecule has 0 aromatic heterocycles. The van der Waals surface area contributed by atoms with Crippen molar-refractivity contribution in [2.75, 3.05) is 19.4 Å². The molecule has 2 rings (SSSR count). The van der Waals surface area contributed by atoms with Crippen molar-refractivity contribution in [1.29, 1.82) is 0 Å². The zero-order chi connectivity index (χ0) is 10.6. The van der Waals surface area contributed by atoms with Gasteiger partial charge in [-0.15, -0.1) is 5.09 Å². The van der Waals surface area contributed by atoms with Gasteiger partial charge in [0, 0.05) is 12.7 Å². The predicted molar refractivity (Wildman–Crippen MR) is 61.0 cm³/mol. The average molecular weight is 191 g/mol. The number of hydrogen-bond donors (Lipinski definition) is 2. The maximum Gasteiger partial charge on any atom is 0.376 e. The van der Waals surface area contributed by atoms with Crippen LogP contribution in [0.2, 0.25) is 0 Å². The Morgan fingerprint density at radius 2 is 2.21 bits per heavy atom. The standard InChI is InChI=1S/C8H9BN2O.CH5N/c1-10-7-4-2-3-6-5-9(11-12)8(6)7;1-2/h2-4,10H,5H2,1H3;2H2,1H3. The van der Waals surface area contributed by atoms with Crippen molar-refractivity contribution in [1.82, 2.24) is 0 Å². The molecular formula is C9H14BN3O. The van der Waals surface area contributed by atoms with Gasteiger partial charge < -0.3 is 11.1 Å². The van der Waals surface area contributed by atoms with E-state index in [-0.39, 0.29) is 6.85 Å². The fraction of sp³-hybridized carbons (Fsp3) is 0.333. The van der Waals surface area contributed by atoms with Crippen LogP contribution in [0.3, 0.4) is 0 Å². The Bertz CT molecular complexity index is 330. The zero-order valence-electron chi connectivity index (χ0n) is 8.45. The Morgan fingerprint density at radius 1 is 1.50 bits per heavy atom. The molecule has 4 nitrogen and oxygen atoms in total. The Morgan fingerprint density at radius 3 is 2.79 bits per heavy atom. The molecule has 1 aliphatic heterocycles. The van der Waals surface area contributed by atoms with Crippen LogP contribution in [0.1, 0.15) is 5.56 Å². The van der Waals surface area contributed by atoms with Crippen molar-refractivity contribution in [3.8, 4) is 0 Å². The quantitative estimate of drug-likeness (QED) is 0.523. The number of fused-ring (bicyclic) bond motifs is 1. The summed E-state index contributed by atoms with van der Waals surface area (Å²) in [5, 5.41) is 6.11. The molecule has 0 saturated heterocycles. The number of nitrogens with two attached hydrogens (primary N) is 1. The van der Waals surface area contributed by atoms with Crippen molar-refractivity contribution in [3.63, 3.8) is 0 Å². The molecule has 0 saturated carbocycles. The summed E-state index contributed by atoms with van der Waals surface area (Å²) in [5.74, 6) is 0. The van der Waals surface area contributed by atoms with Gasteiger partial charge in [-0.25, -0.2) is 0 Å². The highest BCUT2D eigenvalue weighted by molar-refractivity contribution is 6.77. The lowest BCUT2D eigenvalue weighted by molar-refractivity contribution is 1.28. The van der Waals surface area contributed by atoms with Crippen molar-refractivity contribution in [3.05, 3.63) is 28.7 Å². The van der Waals surface area contributed by atoms with E-state index in [1.54, 1.807) is 0 Å². The molecule has 5 heteroatoms. The molecule has 0 unspecified atom stereocenters. The highest BCUT2D eigenvalue weighted by Crippen LogP contribution is 2.19. The highest BCUT2D eigenvalue weighted by Gasteiger charge is 2.34. The van der Waals surface area contributed by atoms with Crippen molar-refractivity contribution < 1.29 is 0 Å². The molecule has 74 valence electrons. The van der Waals surface area contributed by atoms with Gasteiger partial charge in [-0.3, -0.25) is 0 Å². The molecule has 0 aliphatic carbocycles. The van der Waals surface area contributed by atoms with E-state index in [4.69, 9.17) is 0 Å². The number of nitroso groups, excluding NO2 is 1. The summed E-state index contributed by atoms with van der Waals surface area (Å²) in [5.41, 5.74) is 7.85. The third-order valence-corrected chi connectivity index (χ3v) is 2.34. The summed E-state index contributed by atoms with van der Waals surface area (Å²) in [6.07, 6.45) is 0.800. The fourth-order valence-corrected chi connectivity index (χ4v) is 1.67. The summed E-state index contributed by atoms with van der Waals surface area (Å²) in [6, 6.07) is 6.00. The van der Waals surface area contributed by atoms with Crippen LogP contribution < -0.4 is 16.5 Å². The number of benzene rings is 1. The molecular weight excluding hydrogens is 177 g/mol. The minimum atomic E-state index is -0.122.